The standard InChI is InChI=1S/C70H113N5O53/c1-18(82)73-37-25(89)8-69(65(108)109,125-55(37)44(97)31(12-78)121-67(63(104)105)6-23(87)35(71)52(123-67)40(93)27(91)16-112-21(4)85)127-57-43(96)30(11-77)116-61(48(57)101)120-54-39(75-20(3)84)60(115-29(10-76)42(54)95)119-51-34(15-81)117-62(118-50-33(14-80)114-59(103)47(100)46(50)99)49(102)58(51)128-70(66(110)111)9-26(90)38(74-19(2)83)56(126-70)45(98)32(13-79)122-68(64(106)107)7-24(88)36(72)53(124-68)41(94)28(92)17-113-22(5)86/h23-62,76-81,87-103H,6-17,71-72H2,1-5H3,(H,73,82)(H,74,83)(H,75,84)(H,104,105)(H,106,107)(H,108,109)(H,110,111)/t23-,24-,25-,26-,27+,28+,29+,30+,31+,32+,33+,34+,35+,36+,37+,38+,39+,40+,41+,42-,43-,44+,45+,46+,47+,48+,49+,50+,51-,52+,53+,54+,55+,56+,57-,58+,59+,60-,61-,62-,67+,68+,69-,70-/m0/s1. The van der Waals surface area contributed by atoms with Crippen molar-refractivity contribution in [2.45, 2.75) is 328 Å². The van der Waals surface area contributed by atoms with Crippen LogP contribution in [0, 0.1) is 0 Å². The van der Waals surface area contributed by atoms with Gasteiger partial charge in [-0.05, 0) is 0 Å². The summed E-state index contributed by atoms with van der Waals surface area (Å²) in [5, 5.41) is 312. The summed E-state index contributed by atoms with van der Waals surface area (Å²) in [5.41, 5.74) is 12.1. The first kappa shape index (κ1) is 107. The highest BCUT2D eigenvalue weighted by Crippen LogP contribution is 2.45. The third-order valence-corrected chi connectivity index (χ3v) is 22.5. The van der Waals surface area contributed by atoms with Gasteiger partial charge in [-0.15, -0.1) is 0 Å². The fraction of sp³-hybridized carbons (Fsp3) is 0.871. The van der Waals surface area contributed by atoms with Crippen LogP contribution in [0.4, 0.5) is 0 Å². The lowest BCUT2D eigenvalue weighted by Crippen LogP contribution is -2.73. The zero-order chi connectivity index (χ0) is 95.9. The quantitative estimate of drug-likeness (QED) is 0.0254. The minimum Gasteiger partial charge on any atom is -0.477 e. The van der Waals surface area contributed by atoms with E-state index in [1.165, 1.54) is 0 Å². The van der Waals surface area contributed by atoms with Crippen molar-refractivity contribution in [3.8, 4) is 0 Å². The molecule has 44 atom stereocenters. The first-order valence-electron chi connectivity index (χ1n) is 39.6. The van der Waals surface area contributed by atoms with E-state index in [9.17, 15) is 181 Å². The Bertz CT molecular complexity index is 3720. The van der Waals surface area contributed by atoms with Gasteiger partial charge in [0.2, 0.25) is 17.7 Å². The highest BCUT2D eigenvalue weighted by molar-refractivity contribution is 5.79. The van der Waals surface area contributed by atoms with Gasteiger partial charge in [-0.3, -0.25) is 24.0 Å². The largest absolute Gasteiger partial charge is 0.477 e. The summed E-state index contributed by atoms with van der Waals surface area (Å²) in [6.45, 7) is -6.55. The average molecular weight is 1870 g/mol. The number of rotatable bonds is 39. The van der Waals surface area contributed by atoms with E-state index in [0.29, 0.717) is 0 Å². The molecule has 58 nitrogen and oxygen atoms in total. The third-order valence-electron chi connectivity index (χ3n) is 22.5. The van der Waals surface area contributed by atoms with E-state index < -0.39 is 400 Å². The van der Waals surface area contributed by atoms with E-state index >= 15 is 0 Å². The second-order valence-electron chi connectivity index (χ2n) is 31.7. The van der Waals surface area contributed by atoms with Crippen molar-refractivity contribution in [1.82, 2.24) is 16.0 Å². The molecule has 0 saturated carbocycles. The molecule has 8 aliphatic heterocycles. The molecule has 0 unspecified atom stereocenters. The number of carboxylic acid groups (broad SMARTS) is 4. The summed E-state index contributed by atoms with van der Waals surface area (Å²) in [5.74, 6) is -29.0. The minimum atomic E-state index is -3.81. The van der Waals surface area contributed by atoms with Crippen LogP contribution in [0.25, 0.3) is 0 Å². The molecule has 736 valence electrons. The highest BCUT2D eigenvalue weighted by atomic mass is 16.8. The number of nitrogens with one attached hydrogen (secondary N) is 3. The normalized spacial score (nSPS) is 42.5. The van der Waals surface area contributed by atoms with Crippen molar-refractivity contribution in [2.24, 2.45) is 11.5 Å². The van der Waals surface area contributed by atoms with E-state index in [0.717, 1.165) is 34.6 Å². The van der Waals surface area contributed by atoms with Crippen LogP contribution in [0.15, 0.2) is 0 Å². The highest BCUT2D eigenvalue weighted by Gasteiger charge is 2.67. The molecule has 3 amide bonds. The zero-order valence-electron chi connectivity index (χ0n) is 68.4. The van der Waals surface area contributed by atoms with Crippen molar-refractivity contribution in [2.75, 3.05) is 52.9 Å². The maximum absolute atomic E-state index is 14.3. The van der Waals surface area contributed by atoms with Crippen LogP contribution < -0.4 is 27.4 Å². The predicted molar refractivity (Wildman–Crippen MR) is 391 cm³/mol. The van der Waals surface area contributed by atoms with E-state index in [2.05, 4.69) is 20.7 Å². The average Bonchev–Trinajstić information content (AvgIpc) is 0.742. The lowest BCUT2D eigenvalue weighted by molar-refractivity contribution is -0.405. The summed E-state index contributed by atoms with van der Waals surface area (Å²) in [6.07, 6.45) is -91.3. The molecule has 0 spiro atoms. The Morgan fingerprint density at radius 2 is 0.695 bits per heavy atom. The van der Waals surface area contributed by atoms with Gasteiger partial charge in [-0.2, -0.15) is 0 Å². The van der Waals surface area contributed by atoms with Crippen molar-refractivity contribution < 1.29 is 262 Å². The second kappa shape index (κ2) is 44.7. The first-order valence-corrected chi connectivity index (χ1v) is 39.6. The molecule has 8 aliphatic rings. The third kappa shape index (κ3) is 23.5. The first-order chi connectivity index (χ1) is 59.8. The van der Waals surface area contributed by atoms with Crippen molar-refractivity contribution in [3.05, 3.63) is 0 Å². The van der Waals surface area contributed by atoms with Gasteiger partial charge in [0.05, 0.1) is 88.2 Å². The van der Waals surface area contributed by atoms with Crippen molar-refractivity contribution >= 4 is 53.5 Å². The Kier molecular flexibility index (Phi) is 37.3. The topological polar surface area (TPSA) is 945 Å². The second-order valence-corrected chi connectivity index (χ2v) is 31.7. The summed E-state index contributed by atoms with van der Waals surface area (Å²) in [6, 6.07) is -10.3. The monoisotopic (exact) mass is 1870 g/mol. The van der Waals surface area contributed by atoms with Crippen molar-refractivity contribution in [3.63, 3.8) is 0 Å². The molecule has 58 heteroatoms. The zero-order valence-corrected chi connectivity index (χ0v) is 68.4. The number of aliphatic carboxylic acids is 4. The van der Waals surface area contributed by atoms with Crippen molar-refractivity contribution in [1.29, 1.82) is 0 Å². The van der Waals surface area contributed by atoms with Gasteiger partial charge in [-0.1, -0.05) is 0 Å². The van der Waals surface area contributed by atoms with E-state index in [1.807, 2.05) is 0 Å². The molecule has 0 radical (unpaired) electrons. The number of aliphatic hydroxyl groups is 23. The maximum atomic E-state index is 14.3. The number of carbonyl (C=O) groups is 9. The van der Waals surface area contributed by atoms with Gasteiger partial charge in [-0.25, -0.2) is 19.2 Å². The van der Waals surface area contributed by atoms with Crippen LogP contribution in [0.1, 0.15) is 60.3 Å². The summed E-state index contributed by atoms with van der Waals surface area (Å²) in [7, 11) is 0. The molecule has 128 heavy (non-hydrogen) atoms. The van der Waals surface area contributed by atoms with Crippen LogP contribution in [0.5, 0.6) is 0 Å². The molecular weight excluding hydrogens is 1760 g/mol. The molecule has 8 heterocycles. The van der Waals surface area contributed by atoms with Gasteiger partial charge in [0.1, 0.15) is 184 Å². The van der Waals surface area contributed by atoms with Gasteiger partial charge < -0.3 is 246 Å². The van der Waals surface area contributed by atoms with Gasteiger partial charge >= 0.3 is 35.8 Å². The fourth-order valence-electron chi connectivity index (χ4n) is 15.9. The minimum absolute atomic E-state index is 0.765. The van der Waals surface area contributed by atoms with Gasteiger partial charge in [0, 0.05) is 60.3 Å². The Balaban J connectivity index is 1.17. The Labute approximate surface area is 721 Å². The molecule has 0 bridgehead atoms. The number of nitrogens with two attached hydrogens (primary N) is 2. The number of aliphatic hydroxyl groups excluding tert-OH is 23. The predicted octanol–water partition coefficient (Wildman–Crippen LogP) is -20.1. The number of esters is 2. The van der Waals surface area contributed by atoms with E-state index in [4.69, 9.17) is 87.3 Å². The molecule has 34 N–H and O–H groups in total. The SMILES string of the molecule is CC(=O)N[C@H]1[C@H](O[C@@H]2[C@H](O[C@]3(C(=O)O)C[C@H](O)[C@@H](NC(C)=O)[C@H]([C@H](O)[C@@H](CO)O[C@]4(C(=O)O)C[C@H](O)[C@@H](N)[C@H]([C@H](O)[C@H](O)COC(C)=O)O4)O3)[C@@H](O)[C@H](O[C@H]3[C@H](O)[C@@H](O)[C@H](O)O[C@@H]3CO)O[C@@H]2CO)O[C@H](CO)[C@H](O)[C@@H]1O[C@@H]1O[C@H](CO)[C@H](O)[C@H](O[C@]2(C(=O)O)C[C@H](O)[C@@H](NC(C)=O)[C@H]([C@H](O)[C@@H](CO)O[C@]3(C(=O)O)C[C@H](O)[C@@H](N)[C@H]([C@H](O)[C@H](O)COC(C)=O)O3)O2)[C@H]1O. The molecule has 0 aromatic carbocycles. The van der Waals surface area contributed by atoms with Crippen LogP contribution in [-0.4, -0.2) is 512 Å². The number of amides is 3. The molecule has 8 saturated heterocycles. The van der Waals surface area contributed by atoms with Gasteiger partial charge in [0.15, 0.2) is 25.2 Å². The summed E-state index contributed by atoms with van der Waals surface area (Å²) < 4.78 is 96.9. The Morgan fingerprint density at radius 3 is 1.07 bits per heavy atom. The van der Waals surface area contributed by atoms with E-state index in [1.54, 1.807) is 0 Å². The number of carboxylic acids is 4. The number of hydrogen-bond donors (Lipinski definition) is 32. The number of ether oxygens (including phenoxy) is 17. The molecule has 8 rings (SSSR count). The van der Waals surface area contributed by atoms with Crippen LogP contribution in [-0.2, 0) is 124 Å². The Hall–Kier alpha value is -6.37. The lowest BCUT2D eigenvalue weighted by atomic mass is 9.87. The molecule has 0 aliphatic carbocycles. The Morgan fingerprint density at radius 1 is 0.367 bits per heavy atom. The smallest absolute Gasteiger partial charge is 0.364 e. The summed E-state index contributed by atoms with van der Waals surface area (Å²) >= 11 is 0. The fourth-order valence-corrected chi connectivity index (χ4v) is 15.9. The number of carbonyl (C=O) groups excluding carboxylic acids is 5. The molecule has 0 aromatic heterocycles. The molecule has 0 aromatic rings. The van der Waals surface area contributed by atoms with Gasteiger partial charge in [0.25, 0.3) is 23.1 Å². The number of hydrogen-bond acceptors (Lipinski definition) is 51. The van der Waals surface area contributed by atoms with Crippen LogP contribution >= 0.6 is 0 Å². The lowest BCUT2D eigenvalue weighted by Gasteiger charge is -2.53. The molecule has 8 fully saturated rings. The molecular formula is C70H113N5O53. The van der Waals surface area contributed by atoms with E-state index in [-0.39, 0.29) is 0 Å². The summed E-state index contributed by atoms with van der Waals surface area (Å²) in [4.78, 5) is 117. The van der Waals surface area contributed by atoms with Crippen LogP contribution in [0.3, 0.4) is 0 Å². The van der Waals surface area contributed by atoms with Crippen LogP contribution in [0.2, 0.25) is 0 Å². The maximum Gasteiger partial charge on any atom is 0.364 e.